The Balaban J connectivity index is 2.49. The van der Waals surface area contributed by atoms with E-state index in [-0.39, 0.29) is 11.5 Å². The summed E-state index contributed by atoms with van der Waals surface area (Å²) in [5.41, 5.74) is 7.40. The predicted molar refractivity (Wildman–Crippen MR) is 125 cm³/mol. The van der Waals surface area contributed by atoms with Crippen molar-refractivity contribution in [2.24, 2.45) is 5.92 Å². The van der Waals surface area contributed by atoms with Crippen LogP contribution in [0.25, 0.3) is 0 Å². The van der Waals surface area contributed by atoms with Gasteiger partial charge in [0.05, 0.1) is 0 Å². The normalized spacial score (nSPS) is 10.9. The van der Waals surface area contributed by atoms with E-state index in [0.29, 0.717) is 24.1 Å². The SMILES string of the molecule is CCCCn1c(N)c(N(CCC(C)C)C(=S)Nc2ccccc2C)c(=O)[nH]c1=O. The number of nitrogen functional groups attached to an aromatic ring is 1. The zero-order valence-corrected chi connectivity index (χ0v) is 18.4. The quantitative estimate of drug-likeness (QED) is 0.569. The van der Waals surface area contributed by atoms with E-state index in [1.54, 1.807) is 4.90 Å². The summed E-state index contributed by atoms with van der Waals surface area (Å²) in [4.78, 5) is 29.1. The van der Waals surface area contributed by atoms with E-state index in [9.17, 15) is 9.59 Å². The highest BCUT2D eigenvalue weighted by atomic mass is 32.1. The Hall–Kier alpha value is -2.61. The van der Waals surface area contributed by atoms with E-state index in [1.807, 2.05) is 38.1 Å². The van der Waals surface area contributed by atoms with Gasteiger partial charge in [0.15, 0.2) is 10.8 Å². The van der Waals surface area contributed by atoms with Crippen molar-refractivity contribution in [3.05, 3.63) is 50.7 Å². The Kier molecular flexibility index (Phi) is 8.01. The van der Waals surface area contributed by atoms with Crippen molar-refractivity contribution < 1.29 is 0 Å². The average Bonchev–Trinajstić information content (AvgIpc) is 2.65. The number of aromatic nitrogens is 2. The summed E-state index contributed by atoms with van der Waals surface area (Å²) in [7, 11) is 0. The smallest absolute Gasteiger partial charge is 0.330 e. The van der Waals surface area contributed by atoms with Gasteiger partial charge < -0.3 is 16.0 Å². The van der Waals surface area contributed by atoms with E-state index in [2.05, 4.69) is 24.1 Å². The summed E-state index contributed by atoms with van der Waals surface area (Å²) < 4.78 is 1.42. The molecule has 0 atom stereocenters. The molecule has 0 aliphatic rings. The van der Waals surface area contributed by atoms with Crippen LogP contribution in [0.15, 0.2) is 33.9 Å². The van der Waals surface area contributed by atoms with Crippen LogP contribution in [-0.2, 0) is 6.54 Å². The molecule has 1 heterocycles. The Labute approximate surface area is 176 Å². The van der Waals surface area contributed by atoms with Crippen molar-refractivity contribution >= 4 is 34.5 Å². The molecule has 0 spiro atoms. The Morgan fingerprint density at radius 1 is 1.31 bits per heavy atom. The summed E-state index contributed by atoms with van der Waals surface area (Å²) in [5, 5.41) is 3.60. The third-order valence-electron chi connectivity index (χ3n) is 4.78. The number of hydrogen-bond acceptors (Lipinski definition) is 4. The Morgan fingerprint density at radius 3 is 2.62 bits per heavy atom. The van der Waals surface area contributed by atoms with E-state index in [4.69, 9.17) is 18.0 Å². The molecule has 0 amide bonds. The summed E-state index contributed by atoms with van der Waals surface area (Å²) in [6.45, 7) is 9.17. The van der Waals surface area contributed by atoms with E-state index in [0.717, 1.165) is 30.5 Å². The molecule has 7 nitrogen and oxygen atoms in total. The van der Waals surface area contributed by atoms with E-state index >= 15 is 0 Å². The van der Waals surface area contributed by atoms with Gasteiger partial charge >= 0.3 is 5.69 Å². The lowest BCUT2D eigenvalue weighted by Crippen LogP contribution is -2.43. The average molecular weight is 418 g/mol. The minimum absolute atomic E-state index is 0.143. The van der Waals surface area contributed by atoms with Crippen LogP contribution in [0.1, 0.15) is 45.6 Å². The van der Waals surface area contributed by atoms with Gasteiger partial charge in [0.2, 0.25) is 0 Å². The number of para-hydroxylation sites is 1. The summed E-state index contributed by atoms with van der Waals surface area (Å²) in [6, 6.07) is 7.78. The standard InChI is InChI=1S/C21H31N5O2S/c1-5-6-12-26-18(22)17(19(27)24-20(26)28)25(13-11-14(2)3)21(29)23-16-10-8-7-9-15(16)4/h7-10,14H,5-6,11-13,22H2,1-4H3,(H,23,29)(H,24,27,28). The van der Waals surface area contributed by atoms with Crippen LogP contribution in [0, 0.1) is 12.8 Å². The number of anilines is 3. The number of unbranched alkanes of at least 4 members (excludes halogenated alkanes) is 1. The monoisotopic (exact) mass is 417 g/mol. The van der Waals surface area contributed by atoms with Crippen LogP contribution in [0.3, 0.4) is 0 Å². The topological polar surface area (TPSA) is 96.2 Å². The molecule has 158 valence electrons. The maximum absolute atomic E-state index is 12.7. The first-order valence-corrected chi connectivity index (χ1v) is 10.4. The number of nitrogens with one attached hydrogen (secondary N) is 2. The van der Waals surface area contributed by atoms with Gasteiger partial charge in [0.25, 0.3) is 5.56 Å². The zero-order valence-electron chi connectivity index (χ0n) is 17.6. The van der Waals surface area contributed by atoms with Crippen molar-refractivity contribution in [3.63, 3.8) is 0 Å². The predicted octanol–water partition coefficient (Wildman–Crippen LogP) is 3.48. The highest BCUT2D eigenvalue weighted by molar-refractivity contribution is 7.80. The van der Waals surface area contributed by atoms with Gasteiger partial charge in [-0.25, -0.2) is 4.79 Å². The highest BCUT2D eigenvalue weighted by Gasteiger charge is 2.22. The number of thiocarbonyl (C=S) groups is 1. The van der Waals surface area contributed by atoms with Crippen molar-refractivity contribution in [1.29, 1.82) is 0 Å². The second-order valence-corrected chi connectivity index (χ2v) is 7.96. The molecule has 0 unspecified atom stereocenters. The first-order chi connectivity index (χ1) is 13.8. The number of aryl methyl sites for hydroxylation is 1. The van der Waals surface area contributed by atoms with Gasteiger partial charge in [-0.15, -0.1) is 0 Å². The van der Waals surface area contributed by atoms with E-state index in [1.165, 1.54) is 4.57 Å². The maximum atomic E-state index is 12.7. The number of H-pyrrole nitrogens is 1. The van der Waals surface area contributed by atoms with Gasteiger partial charge in [-0.05, 0) is 49.5 Å². The second-order valence-electron chi connectivity index (χ2n) is 7.58. The van der Waals surface area contributed by atoms with Crippen LogP contribution >= 0.6 is 12.2 Å². The largest absolute Gasteiger partial charge is 0.383 e. The van der Waals surface area contributed by atoms with E-state index < -0.39 is 11.2 Å². The molecule has 0 radical (unpaired) electrons. The number of benzene rings is 1. The van der Waals surface area contributed by atoms with Gasteiger partial charge in [-0.3, -0.25) is 14.3 Å². The first-order valence-electron chi connectivity index (χ1n) is 10.0. The molecular formula is C21H31N5O2S. The third kappa shape index (κ3) is 5.69. The molecule has 0 fully saturated rings. The minimum atomic E-state index is -0.530. The van der Waals surface area contributed by atoms with Crippen LogP contribution in [0.4, 0.5) is 17.2 Å². The molecule has 0 bridgehead atoms. The highest BCUT2D eigenvalue weighted by Crippen LogP contribution is 2.21. The number of rotatable bonds is 8. The molecular weight excluding hydrogens is 386 g/mol. The Morgan fingerprint density at radius 2 is 2.00 bits per heavy atom. The van der Waals surface area contributed by atoms with Crippen LogP contribution < -0.4 is 27.2 Å². The van der Waals surface area contributed by atoms with Crippen LogP contribution in [0.5, 0.6) is 0 Å². The fraction of sp³-hybridized carbons (Fsp3) is 0.476. The summed E-state index contributed by atoms with van der Waals surface area (Å²) >= 11 is 5.65. The molecule has 0 saturated carbocycles. The number of nitrogens with zero attached hydrogens (tertiary/aromatic N) is 2. The number of aromatic amines is 1. The molecule has 0 aliphatic carbocycles. The fourth-order valence-electron chi connectivity index (χ4n) is 2.97. The molecule has 29 heavy (non-hydrogen) atoms. The van der Waals surface area contributed by atoms with Gasteiger partial charge in [-0.1, -0.05) is 45.4 Å². The summed E-state index contributed by atoms with van der Waals surface area (Å²) in [6.07, 6.45) is 2.50. The first kappa shape index (κ1) is 22.7. The zero-order chi connectivity index (χ0) is 21.6. The van der Waals surface area contributed by atoms with Crippen molar-refractivity contribution in [1.82, 2.24) is 9.55 Å². The fourth-order valence-corrected chi connectivity index (χ4v) is 3.27. The van der Waals surface area contributed by atoms with Crippen LogP contribution in [0.2, 0.25) is 0 Å². The molecule has 1 aromatic heterocycles. The number of nitrogens with two attached hydrogens (primary N) is 1. The molecule has 2 aromatic rings. The van der Waals surface area contributed by atoms with Crippen molar-refractivity contribution in [2.75, 3.05) is 22.5 Å². The molecule has 2 rings (SSSR count). The van der Waals surface area contributed by atoms with Crippen LogP contribution in [-0.4, -0.2) is 21.2 Å². The molecule has 8 heteroatoms. The summed E-state index contributed by atoms with van der Waals surface area (Å²) in [5.74, 6) is 0.551. The minimum Gasteiger partial charge on any atom is -0.383 e. The molecule has 0 aliphatic heterocycles. The lowest BCUT2D eigenvalue weighted by atomic mass is 10.1. The maximum Gasteiger partial charge on any atom is 0.330 e. The third-order valence-corrected chi connectivity index (χ3v) is 5.10. The van der Waals surface area contributed by atoms with Gasteiger partial charge in [-0.2, -0.15) is 0 Å². The lowest BCUT2D eigenvalue weighted by molar-refractivity contribution is 0.587. The van der Waals surface area contributed by atoms with Crippen molar-refractivity contribution in [3.8, 4) is 0 Å². The van der Waals surface area contributed by atoms with Gasteiger partial charge in [0, 0.05) is 18.8 Å². The van der Waals surface area contributed by atoms with Gasteiger partial charge in [0.1, 0.15) is 5.82 Å². The second kappa shape index (κ2) is 10.2. The lowest BCUT2D eigenvalue weighted by Gasteiger charge is -2.28. The molecule has 1 aromatic carbocycles. The van der Waals surface area contributed by atoms with Crippen molar-refractivity contribution in [2.45, 2.75) is 53.5 Å². The molecule has 0 saturated heterocycles. The number of hydrogen-bond donors (Lipinski definition) is 3. The Bertz CT molecular complexity index is 964. The molecule has 4 N–H and O–H groups in total.